The summed E-state index contributed by atoms with van der Waals surface area (Å²) in [4.78, 5) is 5.24. The molecule has 3 heterocycles. The number of rotatable bonds is 3. The summed E-state index contributed by atoms with van der Waals surface area (Å²) in [6, 6.07) is 38.9. The first-order valence-electron chi connectivity index (χ1n) is 22.3. The van der Waals surface area contributed by atoms with Gasteiger partial charge in [0.25, 0.3) is 6.71 Å². The van der Waals surface area contributed by atoms with Crippen molar-refractivity contribution < 1.29 is 0 Å². The standard InChI is InChI=1S/C55H63BN2S/c1-33-28-45-48-46(29-33)58(40-22-17-36(18-23-40)52(5,6)7)49-41-30-34(42-31-38-26-27-55(42,13)54(38,11)12)14-25-47(41)59-50(49)56(48)43-32-37(53(8,9)10)19-24-44(43)57(45)39-20-15-35(16-21-39)51(2,3)4/h14-25,28-30,32,38,42H,26-27,31H2,1-13H3. The molecule has 302 valence electrons. The number of hydrogen-bond donors (Lipinski definition) is 0. The maximum absolute atomic E-state index is 2.67. The molecule has 0 amide bonds. The van der Waals surface area contributed by atoms with Crippen molar-refractivity contribution in [1.29, 1.82) is 0 Å². The summed E-state index contributed by atoms with van der Waals surface area (Å²) in [5.41, 5.74) is 18.3. The normalized spacial score (nSPS) is 21.9. The first-order chi connectivity index (χ1) is 27.7. The zero-order valence-electron chi connectivity index (χ0n) is 37.9. The van der Waals surface area contributed by atoms with Gasteiger partial charge in [0.15, 0.2) is 0 Å². The van der Waals surface area contributed by atoms with E-state index in [0.717, 1.165) is 5.92 Å². The van der Waals surface area contributed by atoms with Crippen LogP contribution < -0.4 is 25.5 Å². The molecule has 2 aliphatic heterocycles. The van der Waals surface area contributed by atoms with Gasteiger partial charge in [-0.1, -0.05) is 126 Å². The molecule has 0 spiro atoms. The quantitative estimate of drug-likeness (QED) is 0.164. The van der Waals surface area contributed by atoms with Crippen molar-refractivity contribution in [2.75, 3.05) is 9.80 Å². The molecule has 2 fully saturated rings. The van der Waals surface area contributed by atoms with Crippen LogP contribution >= 0.6 is 11.3 Å². The molecular weight excluding hydrogens is 731 g/mol. The lowest BCUT2D eigenvalue weighted by atomic mass is 9.36. The van der Waals surface area contributed by atoms with Crippen molar-refractivity contribution in [2.24, 2.45) is 16.7 Å². The highest BCUT2D eigenvalue weighted by Gasteiger charge is 2.61. The van der Waals surface area contributed by atoms with Crippen LogP contribution in [-0.2, 0) is 16.2 Å². The van der Waals surface area contributed by atoms with Crippen LogP contribution in [-0.4, -0.2) is 6.71 Å². The molecule has 3 unspecified atom stereocenters. The molecule has 3 atom stereocenters. The third-order valence-corrected chi connectivity index (χ3v) is 17.1. The van der Waals surface area contributed by atoms with Gasteiger partial charge >= 0.3 is 0 Å². The van der Waals surface area contributed by atoms with Gasteiger partial charge in [-0.3, -0.25) is 0 Å². The largest absolute Gasteiger partial charge is 0.311 e. The van der Waals surface area contributed by atoms with Crippen LogP contribution in [0.5, 0.6) is 0 Å². The first-order valence-corrected chi connectivity index (χ1v) is 23.2. The molecule has 10 rings (SSSR count). The predicted octanol–water partition coefficient (Wildman–Crippen LogP) is 14.1. The van der Waals surface area contributed by atoms with Crippen molar-refractivity contribution in [3.63, 3.8) is 0 Å². The number of benzene rings is 5. The third kappa shape index (κ3) is 5.71. The summed E-state index contributed by atoms with van der Waals surface area (Å²) in [6.07, 6.45) is 4.02. The van der Waals surface area contributed by atoms with Crippen LogP contribution in [0.1, 0.15) is 136 Å². The van der Waals surface area contributed by atoms with E-state index in [1.54, 1.807) is 5.56 Å². The van der Waals surface area contributed by atoms with Crippen LogP contribution in [0, 0.1) is 23.7 Å². The Hall–Kier alpha value is -4.28. The Labute approximate surface area is 359 Å². The number of hydrogen-bond acceptors (Lipinski definition) is 3. The predicted molar refractivity (Wildman–Crippen MR) is 259 cm³/mol. The summed E-state index contributed by atoms with van der Waals surface area (Å²) in [7, 11) is 0. The first kappa shape index (κ1) is 38.9. The van der Waals surface area contributed by atoms with Crippen LogP contribution in [0.25, 0.3) is 10.1 Å². The molecule has 59 heavy (non-hydrogen) atoms. The number of fused-ring (bicyclic) bond motifs is 8. The zero-order chi connectivity index (χ0) is 41.8. The fourth-order valence-corrected chi connectivity index (χ4v) is 13.1. The van der Waals surface area contributed by atoms with Crippen molar-refractivity contribution in [2.45, 2.75) is 131 Å². The summed E-state index contributed by atoms with van der Waals surface area (Å²) in [5.74, 6) is 1.39. The van der Waals surface area contributed by atoms with Crippen LogP contribution in [0.2, 0.25) is 0 Å². The fraction of sp³-hybridized carbons (Fsp3) is 0.418. The molecule has 4 aliphatic rings. The Morgan fingerprint density at radius 3 is 1.73 bits per heavy atom. The number of nitrogens with zero attached hydrogens (tertiary/aromatic N) is 2. The molecule has 2 bridgehead atoms. The second-order valence-electron chi connectivity index (χ2n) is 22.7. The van der Waals surface area contributed by atoms with Gasteiger partial charge in [-0.15, -0.1) is 11.3 Å². The highest BCUT2D eigenvalue weighted by molar-refractivity contribution is 7.33. The van der Waals surface area contributed by atoms with Crippen molar-refractivity contribution in [1.82, 2.24) is 0 Å². The van der Waals surface area contributed by atoms with Crippen molar-refractivity contribution in [3.05, 3.63) is 125 Å². The van der Waals surface area contributed by atoms with Gasteiger partial charge in [-0.25, -0.2) is 0 Å². The van der Waals surface area contributed by atoms with E-state index in [-0.39, 0.29) is 23.0 Å². The van der Waals surface area contributed by atoms with Gasteiger partial charge in [0.05, 0.1) is 5.69 Å². The average molecular weight is 795 g/mol. The van der Waals surface area contributed by atoms with E-state index in [0.29, 0.717) is 16.7 Å². The molecule has 5 aromatic carbocycles. The van der Waals surface area contributed by atoms with E-state index < -0.39 is 0 Å². The van der Waals surface area contributed by atoms with Gasteiger partial charge in [0, 0.05) is 43.3 Å². The zero-order valence-corrected chi connectivity index (χ0v) is 38.7. The maximum Gasteiger partial charge on any atom is 0.264 e. The minimum absolute atomic E-state index is 0.0164. The Morgan fingerprint density at radius 2 is 1.19 bits per heavy atom. The topological polar surface area (TPSA) is 6.48 Å². The van der Waals surface area contributed by atoms with Gasteiger partial charge < -0.3 is 9.80 Å². The minimum Gasteiger partial charge on any atom is -0.311 e. The van der Waals surface area contributed by atoms with E-state index in [4.69, 9.17) is 0 Å². The Balaban J connectivity index is 1.26. The van der Waals surface area contributed by atoms with E-state index >= 15 is 0 Å². The SMILES string of the molecule is Cc1cc2c3c(c1)N(c1ccc(C(C)(C)C)cc1)c1c(sc4ccc(C5CC6CCC5(C)C6(C)C)cc14)B3c1cc(C(C)(C)C)ccc1N2c1ccc(C(C)(C)C)cc1. The molecule has 4 heteroatoms. The molecule has 2 aliphatic carbocycles. The smallest absolute Gasteiger partial charge is 0.264 e. The molecule has 2 saturated carbocycles. The Kier molecular flexibility index (Phi) is 8.33. The lowest BCUT2D eigenvalue weighted by Crippen LogP contribution is -2.60. The third-order valence-electron chi connectivity index (χ3n) is 15.9. The Morgan fingerprint density at radius 1 is 0.627 bits per heavy atom. The van der Waals surface area contributed by atoms with Crippen LogP contribution in [0.15, 0.2) is 97.1 Å². The highest BCUT2D eigenvalue weighted by Crippen LogP contribution is 2.71. The molecule has 6 aromatic rings. The van der Waals surface area contributed by atoms with E-state index in [2.05, 4.69) is 197 Å². The lowest BCUT2D eigenvalue weighted by Gasteiger charge is -2.44. The van der Waals surface area contributed by atoms with Crippen molar-refractivity contribution in [3.8, 4) is 0 Å². The summed E-state index contributed by atoms with van der Waals surface area (Å²) in [6.45, 7) is 31.1. The average Bonchev–Trinajstić information content (AvgIpc) is 3.72. The Bertz CT molecular complexity index is 2660. The van der Waals surface area contributed by atoms with Crippen LogP contribution in [0.4, 0.5) is 34.1 Å². The van der Waals surface area contributed by atoms with Crippen molar-refractivity contribution >= 4 is 78.0 Å². The second kappa shape index (κ2) is 12.6. The van der Waals surface area contributed by atoms with Gasteiger partial charge in [-0.2, -0.15) is 0 Å². The number of thiophene rings is 1. The minimum atomic E-state index is 0.0164. The molecular formula is C55H63BN2S. The van der Waals surface area contributed by atoms with Gasteiger partial charge in [0.1, 0.15) is 0 Å². The molecule has 2 nitrogen and oxygen atoms in total. The monoisotopic (exact) mass is 794 g/mol. The fourth-order valence-electron chi connectivity index (χ4n) is 11.8. The molecule has 0 N–H and O–H groups in total. The maximum atomic E-state index is 2.67. The molecule has 0 saturated heterocycles. The summed E-state index contributed by atoms with van der Waals surface area (Å²) < 4.78 is 2.85. The highest BCUT2D eigenvalue weighted by atomic mass is 32.1. The van der Waals surface area contributed by atoms with E-state index in [1.807, 2.05) is 11.3 Å². The second-order valence-corrected chi connectivity index (χ2v) is 23.8. The summed E-state index contributed by atoms with van der Waals surface area (Å²) in [5, 5.41) is 1.41. The molecule has 1 aromatic heterocycles. The lowest BCUT2D eigenvalue weighted by molar-refractivity contribution is 0.134. The van der Waals surface area contributed by atoms with Gasteiger partial charge in [-0.05, 0) is 158 Å². The number of aryl methyl sites for hydroxylation is 1. The molecule has 0 radical (unpaired) electrons. The van der Waals surface area contributed by atoms with E-state index in [1.165, 1.54) is 101 Å². The van der Waals surface area contributed by atoms with Gasteiger partial charge in [0.2, 0.25) is 0 Å². The van der Waals surface area contributed by atoms with E-state index in [9.17, 15) is 0 Å². The number of anilines is 6. The summed E-state index contributed by atoms with van der Waals surface area (Å²) >= 11 is 2.03. The van der Waals surface area contributed by atoms with Crippen LogP contribution in [0.3, 0.4) is 0 Å².